The van der Waals surface area contributed by atoms with Crippen molar-refractivity contribution >= 4 is 23.6 Å². The predicted octanol–water partition coefficient (Wildman–Crippen LogP) is 4.84. The van der Waals surface area contributed by atoms with Crippen molar-refractivity contribution in [3.63, 3.8) is 0 Å². The average Bonchev–Trinajstić information content (AvgIpc) is 3.27. The Kier molecular flexibility index (Phi) is 9.27. The molecular formula is C28H34N4O4. The molecule has 8 nitrogen and oxygen atoms in total. The summed E-state index contributed by atoms with van der Waals surface area (Å²) in [7, 11) is 1.61. The molecule has 0 aliphatic carbocycles. The van der Waals surface area contributed by atoms with Crippen molar-refractivity contribution in [2.45, 2.75) is 40.8 Å². The van der Waals surface area contributed by atoms with Crippen LogP contribution in [0.25, 0.3) is 6.08 Å². The molecule has 0 radical (unpaired) electrons. The topological polar surface area (TPSA) is 94.5 Å². The number of rotatable bonds is 11. The molecule has 3 aromatic rings. The summed E-state index contributed by atoms with van der Waals surface area (Å²) in [5.74, 6) is 1.10. The van der Waals surface area contributed by atoms with Crippen LogP contribution in [0.5, 0.6) is 11.5 Å². The quantitative estimate of drug-likeness (QED) is 0.375. The molecule has 0 spiro atoms. The molecule has 36 heavy (non-hydrogen) atoms. The second kappa shape index (κ2) is 12.6. The minimum atomic E-state index is -0.364. The second-order valence-electron chi connectivity index (χ2n) is 8.85. The van der Waals surface area contributed by atoms with E-state index < -0.39 is 0 Å². The molecular weight excluding hydrogens is 456 g/mol. The van der Waals surface area contributed by atoms with Crippen LogP contribution in [0.2, 0.25) is 0 Å². The fourth-order valence-corrected chi connectivity index (χ4v) is 3.45. The number of aryl methyl sites for hydroxylation is 2. The number of hydrogen-bond acceptors (Lipinski definition) is 5. The number of nitrogens with one attached hydrogen (secondary N) is 2. The third kappa shape index (κ3) is 7.46. The molecule has 2 amide bonds. The molecule has 0 saturated heterocycles. The zero-order chi connectivity index (χ0) is 26.1. The molecule has 0 saturated carbocycles. The molecule has 0 aliphatic rings. The van der Waals surface area contributed by atoms with Gasteiger partial charge >= 0.3 is 0 Å². The Morgan fingerprint density at radius 3 is 2.67 bits per heavy atom. The Hall–Kier alpha value is -4.07. The van der Waals surface area contributed by atoms with Gasteiger partial charge in [0, 0.05) is 30.9 Å². The van der Waals surface area contributed by atoms with E-state index >= 15 is 0 Å². The molecule has 0 fully saturated rings. The zero-order valence-electron chi connectivity index (χ0n) is 21.5. The molecule has 2 N–H and O–H groups in total. The number of nitrogens with zero attached hydrogens (tertiary/aromatic N) is 2. The Labute approximate surface area is 212 Å². The lowest BCUT2D eigenvalue weighted by Crippen LogP contribution is -2.28. The molecule has 1 aromatic heterocycles. The standard InChI is InChI=1S/C28H34N4O4/c1-6-32-17-24(27(31-32)28(34)29-16-19(2)3)30-26(33)13-11-21-10-12-25(35-5)22(15-21)18-36-23-9-7-8-20(4)14-23/h7-15,17,19H,6,16,18H2,1-5H3,(H,29,34)(H,30,33)/b13-11+. The van der Waals surface area contributed by atoms with Crippen LogP contribution >= 0.6 is 0 Å². The van der Waals surface area contributed by atoms with Gasteiger partial charge in [0.2, 0.25) is 5.91 Å². The molecule has 0 atom stereocenters. The summed E-state index contributed by atoms with van der Waals surface area (Å²) in [6.07, 6.45) is 4.78. The molecule has 2 aromatic carbocycles. The highest BCUT2D eigenvalue weighted by molar-refractivity contribution is 6.06. The van der Waals surface area contributed by atoms with Crippen LogP contribution in [0.1, 0.15) is 48.0 Å². The van der Waals surface area contributed by atoms with E-state index in [-0.39, 0.29) is 17.5 Å². The number of benzene rings is 2. The Bertz CT molecular complexity index is 1230. The summed E-state index contributed by atoms with van der Waals surface area (Å²) in [6, 6.07) is 13.5. The fraction of sp³-hybridized carbons (Fsp3) is 0.321. The minimum absolute atomic E-state index is 0.194. The van der Waals surface area contributed by atoms with Gasteiger partial charge in [0.25, 0.3) is 5.91 Å². The normalized spacial score (nSPS) is 11.1. The van der Waals surface area contributed by atoms with Crippen molar-refractivity contribution < 1.29 is 19.1 Å². The van der Waals surface area contributed by atoms with Crippen LogP contribution in [0.4, 0.5) is 5.69 Å². The maximum Gasteiger partial charge on any atom is 0.273 e. The summed E-state index contributed by atoms with van der Waals surface area (Å²) >= 11 is 0. The molecule has 1 heterocycles. The Morgan fingerprint density at radius 2 is 1.97 bits per heavy atom. The lowest BCUT2D eigenvalue weighted by atomic mass is 10.1. The molecule has 8 heteroatoms. The van der Waals surface area contributed by atoms with Gasteiger partial charge in [0.1, 0.15) is 18.1 Å². The first-order chi connectivity index (χ1) is 17.3. The number of anilines is 1. The number of carbonyl (C=O) groups is 2. The number of carbonyl (C=O) groups excluding carboxylic acids is 2. The lowest BCUT2D eigenvalue weighted by Gasteiger charge is -2.11. The molecule has 3 rings (SSSR count). The average molecular weight is 491 g/mol. The first-order valence-corrected chi connectivity index (χ1v) is 12.0. The largest absolute Gasteiger partial charge is 0.496 e. The third-order valence-electron chi connectivity index (χ3n) is 5.34. The lowest BCUT2D eigenvalue weighted by molar-refractivity contribution is -0.111. The van der Waals surface area contributed by atoms with Crippen molar-refractivity contribution in [2.75, 3.05) is 19.0 Å². The van der Waals surface area contributed by atoms with E-state index in [2.05, 4.69) is 15.7 Å². The molecule has 0 bridgehead atoms. The van der Waals surface area contributed by atoms with Gasteiger partial charge in [0.15, 0.2) is 5.69 Å². The molecule has 0 aliphatic heterocycles. The summed E-state index contributed by atoms with van der Waals surface area (Å²) in [5, 5.41) is 9.91. The predicted molar refractivity (Wildman–Crippen MR) is 141 cm³/mol. The summed E-state index contributed by atoms with van der Waals surface area (Å²) in [6.45, 7) is 9.38. The van der Waals surface area contributed by atoms with Crippen molar-refractivity contribution in [3.05, 3.63) is 77.1 Å². The SMILES string of the molecule is CCn1cc(NC(=O)/C=C/c2ccc(OC)c(COc3cccc(C)c3)c2)c(C(=O)NCC(C)C)n1. The number of amides is 2. The fourth-order valence-electron chi connectivity index (χ4n) is 3.45. The zero-order valence-corrected chi connectivity index (χ0v) is 21.5. The smallest absolute Gasteiger partial charge is 0.273 e. The van der Waals surface area contributed by atoms with Crippen LogP contribution in [0.15, 0.2) is 54.7 Å². The van der Waals surface area contributed by atoms with E-state index in [1.54, 1.807) is 24.1 Å². The van der Waals surface area contributed by atoms with Gasteiger partial charge in [-0.05, 0) is 61.2 Å². The Balaban J connectivity index is 1.70. The number of ether oxygens (including phenoxy) is 2. The maximum absolute atomic E-state index is 12.7. The number of methoxy groups -OCH3 is 1. The highest BCUT2D eigenvalue weighted by atomic mass is 16.5. The van der Waals surface area contributed by atoms with E-state index in [1.165, 1.54) is 6.08 Å². The third-order valence-corrected chi connectivity index (χ3v) is 5.34. The highest BCUT2D eigenvalue weighted by Crippen LogP contribution is 2.23. The van der Waals surface area contributed by atoms with E-state index in [9.17, 15) is 9.59 Å². The van der Waals surface area contributed by atoms with Crippen molar-refractivity contribution in [1.82, 2.24) is 15.1 Å². The van der Waals surface area contributed by atoms with Crippen LogP contribution in [0, 0.1) is 12.8 Å². The van der Waals surface area contributed by atoms with Crippen LogP contribution in [-0.2, 0) is 17.9 Å². The van der Waals surface area contributed by atoms with E-state index in [4.69, 9.17) is 9.47 Å². The van der Waals surface area contributed by atoms with Gasteiger partial charge in [0.05, 0.1) is 12.8 Å². The van der Waals surface area contributed by atoms with Gasteiger partial charge in [-0.2, -0.15) is 5.10 Å². The number of hydrogen-bond donors (Lipinski definition) is 2. The van der Waals surface area contributed by atoms with Crippen molar-refractivity contribution in [2.24, 2.45) is 5.92 Å². The van der Waals surface area contributed by atoms with E-state index in [0.717, 1.165) is 22.4 Å². The maximum atomic E-state index is 12.7. The van der Waals surface area contributed by atoms with Crippen LogP contribution in [0.3, 0.4) is 0 Å². The first kappa shape index (κ1) is 26.5. The highest BCUT2D eigenvalue weighted by Gasteiger charge is 2.18. The summed E-state index contributed by atoms with van der Waals surface area (Å²) in [5.41, 5.74) is 3.35. The van der Waals surface area contributed by atoms with Crippen molar-refractivity contribution in [3.8, 4) is 11.5 Å². The first-order valence-electron chi connectivity index (χ1n) is 12.0. The van der Waals surface area contributed by atoms with Gasteiger partial charge in [-0.3, -0.25) is 14.3 Å². The van der Waals surface area contributed by atoms with Crippen molar-refractivity contribution in [1.29, 1.82) is 0 Å². The van der Waals surface area contributed by atoms with Gasteiger partial charge in [-0.1, -0.05) is 32.0 Å². The van der Waals surface area contributed by atoms with Gasteiger partial charge in [-0.15, -0.1) is 0 Å². The molecule has 190 valence electrons. The van der Waals surface area contributed by atoms with E-state index in [1.807, 2.05) is 70.2 Å². The summed E-state index contributed by atoms with van der Waals surface area (Å²) in [4.78, 5) is 25.2. The minimum Gasteiger partial charge on any atom is -0.496 e. The van der Waals surface area contributed by atoms with Crippen LogP contribution in [-0.4, -0.2) is 35.2 Å². The van der Waals surface area contributed by atoms with Crippen LogP contribution < -0.4 is 20.1 Å². The summed E-state index contributed by atoms with van der Waals surface area (Å²) < 4.78 is 13.0. The van der Waals surface area contributed by atoms with Gasteiger partial charge < -0.3 is 20.1 Å². The Morgan fingerprint density at radius 1 is 1.17 bits per heavy atom. The van der Waals surface area contributed by atoms with E-state index in [0.29, 0.717) is 37.1 Å². The molecule has 0 unspecified atom stereocenters. The second-order valence-corrected chi connectivity index (χ2v) is 8.85. The monoisotopic (exact) mass is 490 g/mol. The number of aromatic nitrogens is 2. The van der Waals surface area contributed by atoms with Gasteiger partial charge in [-0.25, -0.2) is 0 Å².